The lowest BCUT2D eigenvalue weighted by atomic mass is 9.95. The van der Waals surface area contributed by atoms with Crippen molar-refractivity contribution in [2.45, 2.75) is 24.3 Å². The molecule has 1 aliphatic heterocycles. The maximum absolute atomic E-state index is 13.1. The van der Waals surface area contributed by atoms with Crippen LogP contribution in [0.1, 0.15) is 23.9 Å². The quantitative estimate of drug-likeness (QED) is 0.485. The van der Waals surface area contributed by atoms with E-state index < -0.39 is 15.9 Å². The van der Waals surface area contributed by atoms with Crippen molar-refractivity contribution in [1.82, 2.24) is 9.62 Å². The molecule has 2 N–H and O–H groups in total. The number of nitrogens with one attached hydrogen (secondary N) is 2. The number of rotatable bonds is 7. The topological polar surface area (TPSA) is 109 Å². The van der Waals surface area contributed by atoms with Crippen molar-refractivity contribution >= 4 is 27.5 Å². The predicted octanol–water partition coefficient (Wildman–Crippen LogP) is 3.90. The standard InChI is InChI=1S/C26H27N3O5S/c1-3-25(30)28-22-15-16-29(17-18(22)2)35(32,33)21-11-9-20(10-12-21)27-26(31)24-14-13-23(34-24)19-7-5-4-6-8-19/h3-14,18,22H,1,15-17H2,2H3,(H,27,31)(H,28,30). The number of amides is 2. The maximum Gasteiger partial charge on any atom is 0.291 e. The average molecular weight is 494 g/mol. The van der Waals surface area contributed by atoms with Gasteiger partial charge in [-0.15, -0.1) is 0 Å². The first-order chi connectivity index (χ1) is 16.8. The first kappa shape index (κ1) is 24.4. The van der Waals surface area contributed by atoms with Crippen LogP contribution < -0.4 is 10.6 Å². The van der Waals surface area contributed by atoms with Gasteiger partial charge in [-0.2, -0.15) is 4.31 Å². The van der Waals surface area contributed by atoms with Crippen LogP contribution in [-0.2, 0) is 14.8 Å². The third-order valence-electron chi connectivity index (χ3n) is 6.02. The highest BCUT2D eigenvalue weighted by Crippen LogP contribution is 2.26. The minimum absolute atomic E-state index is 0.0462. The molecule has 1 aromatic heterocycles. The van der Waals surface area contributed by atoms with E-state index in [4.69, 9.17) is 4.42 Å². The van der Waals surface area contributed by atoms with E-state index in [1.807, 2.05) is 37.3 Å². The Hall–Kier alpha value is -3.69. The van der Waals surface area contributed by atoms with Crippen LogP contribution in [0.4, 0.5) is 5.69 Å². The number of nitrogens with zero attached hydrogens (tertiary/aromatic N) is 1. The lowest BCUT2D eigenvalue weighted by Crippen LogP contribution is -2.51. The minimum Gasteiger partial charge on any atom is -0.451 e. The lowest BCUT2D eigenvalue weighted by molar-refractivity contribution is -0.117. The van der Waals surface area contributed by atoms with Crippen LogP contribution in [-0.4, -0.2) is 43.7 Å². The van der Waals surface area contributed by atoms with Gasteiger partial charge in [0.1, 0.15) is 5.76 Å². The van der Waals surface area contributed by atoms with E-state index >= 15 is 0 Å². The monoisotopic (exact) mass is 493 g/mol. The molecule has 2 amide bonds. The average Bonchev–Trinajstić information content (AvgIpc) is 3.37. The van der Waals surface area contributed by atoms with Crippen molar-refractivity contribution in [3.8, 4) is 11.3 Å². The highest BCUT2D eigenvalue weighted by Gasteiger charge is 2.34. The number of hydrogen-bond donors (Lipinski definition) is 2. The lowest BCUT2D eigenvalue weighted by Gasteiger charge is -2.36. The number of piperidine rings is 1. The van der Waals surface area contributed by atoms with E-state index in [9.17, 15) is 18.0 Å². The van der Waals surface area contributed by atoms with Gasteiger partial charge in [-0.05, 0) is 54.8 Å². The summed E-state index contributed by atoms with van der Waals surface area (Å²) in [5, 5.41) is 5.58. The van der Waals surface area contributed by atoms with Crippen LogP contribution in [0, 0.1) is 5.92 Å². The Balaban J connectivity index is 1.39. The fraction of sp³-hybridized carbons (Fsp3) is 0.231. The Morgan fingerprint density at radius 2 is 1.77 bits per heavy atom. The molecule has 1 aliphatic rings. The number of sulfonamides is 1. The van der Waals surface area contributed by atoms with Gasteiger partial charge in [0.15, 0.2) is 5.76 Å². The smallest absolute Gasteiger partial charge is 0.291 e. The summed E-state index contributed by atoms with van der Waals surface area (Å²) >= 11 is 0. The number of hydrogen-bond acceptors (Lipinski definition) is 5. The molecule has 8 nitrogen and oxygen atoms in total. The third kappa shape index (κ3) is 5.52. The van der Waals surface area contributed by atoms with Gasteiger partial charge in [0, 0.05) is 30.4 Å². The summed E-state index contributed by atoms with van der Waals surface area (Å²) in [6, 6.07) is 18.7. The first-order valence-electron chi connectivity index (χ1n) is 11.3. The SMILES string of the molecule is C=CC(=O)NC1CCN(S(=O)(=O)c2ccc(NC(=O)c3ccc(-c4ccccc4)o3)cc2)CC1C. The summed E-state index contributed by atoms with van der Waals surface area (Å²) < 4.78 is 33.4. The molecular formula is C26H27N3O5S. The maximum atomic E-state index is 13.1. The number of furan rings is 1. The summed E-state index contributed by atoms with van der Waals surface area (Å²) in [5.41, 5.74) is 1.31. The molecule has 2 unspecified atom stereocenters. The van der Waals surface area contributed by atoms with Gasteiger partial charge in [-0.25, -0.2) is 8.42 Å². The second-order valence-electron chi connectivity index (χ2n) is 8.46. The number of carbonyl (C=O) groups is 2. The zero-order chi connectivity index (χ0) is 25.0. The highest BCUT2D eigenvalue weighted by atomic mass is 32.2. The summed E-state index contributed by atoms with van der Waals surface area (Å²) in [4.78, 5) is 24.3. The van der Waals surface area contributed by atoms with E-state index in [0.29, 0.717) is 31.0 Å². The molecule has 1 saturated heterocycles. The van der Waals surface area contributed by atoms with Gasteiger partial charge in [-0.3, -0.25) is 9.59 Å². The van der Waals surface area contributed by atoms with Crippen LogP contribution in [0.3, 0.4) is 0 Å². The summed E-state index contributed by atoms with van der Waals surface area (Å²) in [6.07, 6.45) is 1.73. The molecule has 0 bridgehead atoms. The van der Waals surface area contributed by atoms with Crippen molar-refractivity contribution in [2.24, 2.45) is 5.92 Å². The minimum atomic E-state index is -3.71. The van der Waals surface area contributed by atoms with E-state index in [2.05, 4.69) is 17.2 Å². The molecule has 2 atom stereocenters. The Morgan fingerprint density at radius 3 is 2.43 bits per heavy atom. The Kier molecular flexibility index (Phi) is 7.18. The van der Waals surface area contributed by atoms with Gasteiger partial charge in [0.05, 0.1) is 4.90 Å². The van der Waals surface area contributed by atoms with Crippen LogP contribution in [0.25, 0.3) is 11.3 Å². The summed E-state index contributed by atoms with van der Waals surface area (Å²) in [7, 11) is -3.71. The Morgan fingerprint density at radius 1 is 1.06 bits per heavy atom. The van der Waals surface area contributed by atoms with Crippen LogP contribution in [0.15, 0.2) is 88.7 Å². The summed E-state index contributed by atoms with van der Waals surface area (Å²) in [5.74, 6) is -0.00264. The molecule has 9 heteroatoms. The third-order valence-corrected chi connectivity index (χ3v) is 7.90. The zero-order valence-electron chi connectivity index (χ0n) is 19.3. The highest BCUT2D eigenvalue weighted by molar-refractivity contribution is 7.89. The van der Waals surface area contributed by atoms with Gasteiger partial charge >= 0.3 is 0 Å². The normalized spacial score (nSPS) is 18.5. The van der Waals surface area contributed by atoms with Crippen molar-refractivity contribution in [2.75, 3.05) is 18.4 Å². The van der Waals surface area contributed by atoms with Gasteiger partial charge in [-0.1, -0.05) is 43.8 Å². The Labute approximate surface area is 204 Å². The molecule has 0 radical (unpaired) electrons. The second-order valence-corrected chi connectivity index (χ2v) is 10.4. The van der Waals surface area contributed by atoms with Crippen LogP contribution >= 0.6 is 0 Å². The van der Waals surface area contributed by atoms with Crippen molar-refractivity contribution in [1.29, 1.82) is 0 Å². The molecule has 2 aromatic carbocycles. The molecule has 2 heterocycles. The summed E-state index contributed by atoms with van der Waals surface area (Å²) in [6.45, 7) is 5.96. The molecule has 4 rings (SSSR count). The van der Waals surface area contributed by atoms with Gasteiger partial charge < -0.3 is 15.1 Å². The number of anilines is 1. The molecule has 35 heavy (non-hydrogen) atoms. The van der Waals surface area contributed by atoms with Crippen molar-refractivity contribution in [3.05, 3.63) is 85.1 Å². The van der Waals surface area contributed by atoms with E-state index in [0.717, 1.165) is 5.56 Å². The molecule has 0 spiro atoms. The van der Waals surface area contributed by atoms with Crippen LogP contribution in [0.2, 0.25) is 0 Å². The van der Waals surface area contributed by atoms with Crippen molar-refractivity contribution < 1.29 is 22.4 Å². The fourth-order valence-corrected chi connectivity index (χ4v) is 5.61. The molecule has 0 saturated carbocycles. The van der Waals surface area contributed by atoms with Crippen LogP contribution in [0.5, 0.6) is 0 Å². The van der Waals surface area contributed by atoms with Gasteiger partial charge in [0.25, 0.3) is 5.91 Å². The molecule has 1 fully saturated rings. The van der Waals surface area contributed by atoms with E-state index in [-0.39, 0.29) is 28.5 Å². The number of benzene rings is 2. The van der Waals surface area contributed by atoms with Crippen molar-refractivity contribution in [3.63, 3.8) is 0 Å². The first-order valence-corrected chi connectivity index (χ1v) is 12.7. The van der Waals surface area contributed by atoms with E-state index in [1.165, 1.54) is 22.5 Å². The molecule has 3 aromatic rings. The number of carbonyl (C=O) groups excluding carboxylic acids is 2. The predicted molar refractivity (Wildman–Crippen MR) is 133 cm³/mol. The fourth-order valence-electron chi connectivity index (χ4n) is 4.05. The van der Waals surface area contributed by atoms with E-state index in [1.54, 1.807) is 24.3 Å². The zero-order valence-corrected chi connectivity index (χ0v) is 20.1. The molecule has 182 valence electrons. The molecule has 0 aliphatic carbocycles. The van der Waals surface area contributed by atoms with Gasteiger partial charge in [0.2, 0.25) is 15.9 Å². The Bertz CT molecular complexity index is 1320. The second kappa shape index (κ2) is 10.3. The molecular weight excluding hydrogens is 466 g/mol. The largest absolute Gasteiger partial charge is 0.451 e.